The number of rotatable bonds is 9. The monoisotopic (exact) mass is 284 g/mol. The lowest BCUT2D eigenvalue weighted by Crippen LogP contribution is -2.32. The molecule has 0 aromatic heterocycles. The lowest BCUT2D eigenvalue weighted by atomic mass is 9.97. The van der Waals surface area contributed by atoms with Crippen LogP contribution in [0.15, 0.2) is 11.8 Å². The SMILES string of the molecule is CCCCCC(C)CC/C(=C\C1OCCCC1O)OC. The van der Waals surface area contributed by atoms with E-state index in [2.05, 4.69) is 13.8 Å². The second-order valence-corrected chi connectivity index (χ2v) is 6.02. The van der Waals surface area contributed by atoms with E-state index in [0.717, 1.165) is 44.0 Å². The molecule has 0 saturated carbocycles. The molecule has 3 nitrogen and oxygen atoms in total. The van der Waals surface area contributed by atoms with Crippen molar-refractivity contribution in [2.24, 2.45) is 5.92 Å². The van der Waals surface area contributed by atoms with Gasteiger partial charge in [-0.15, -0.1) is 0 Å². The predicted molar refractivity (Wildman–Crippen MR) is 82.6 cm³/mol. The molecule has 1 heterocycles. The molecule has 1 fully saturated rings. The van der Waals surface area contributed by atoms with Crippen molar-refractivity contribution in [1.29, 1.82) is 0 Å². The summed E-state index contributed by atoms with van der Waals surface area (Å²) < 4.78 is 11.0. The maximum atomic E-state index is 9.91. The van der Waals surface area contributed by atoms with E-state index in [1.807, 2.05) is 6.08 Å². The van der Waals surface area contributed by atoms with Crippen molar-refractivity contribution in [2.45, 2.75) is 77.4 Å². The fraction of sp³-hybridized carbons (Fsp3) is 0.882. The minimum atomic E-state index is -0.379. The van der Waals surface area contributed by atoms with Crippen LogP contribution in [0.4, 0.5) is 0 Å². The topological polar surface area (TPSA) is 38.7 Å². The number of allylic oxidation sites excluding steroid dienone is 1. The predicted octanol–water partition coefficient (Wildman–Crippen LogP) is 4.05. The number of ether oxygens (including phenoxy) is 2. The van der Waals surface area contributed by atoms with Gasteiger partial charge in [0, 0.05) is 13.0 Å². The van der Waals surface area contributed by atoms with Gasteiger partial charge in [-0.3, -0.25) is 0 Å². The van der Waals surface area contributed by atoms with Crippen molar-refractivity contribution in [3.63, 3.8) is 0 Å². The van der Waals surface area contributed by atoms with Crippen molar-refractivity contribution >= 4 is 0 Å². The molecule has 1 saturated heterocycles. The smallest absolute Gasteiger partial charge is 0.105 e. The lowest BCUT2D eigenvalue weighted by Gasteiger charge is -2.26. The standard InChI is InChI=1S/C17H32O3/c1-4-5-6-8-14(2)10-11-15(19-3)13-17-16(18)9-7-12-20-17/h13-14,16-18H,4-12H2,1-3H3/b15-13+. The number of hydrogen-bond acceptors (Lipinski definition) is 3. The summed E-state index contributed by atoms with van der Waals surface area (Å²) in [4.78, 5) is 0. The molecule has 0 aliphatic carbocycles. The van der Waals surface area contributed by atoms with E-state index in [1.54, 1.807) is 7.11 Å². The number of methoxy groups -OCH3 is 1. The van der Waals surface area contributed by atoms with Crippen LogP contribution in [0.25, 0.3) is 0 Å². The first-order valence-corrected chi connectivity index (χ1v) is 8.21. The molecule has 0 amide bonds. The Morgan fingerprint density at radius 2 is 2.20 bits per heavy atom. The van der Waals surface area contributed by atoms with E-state index in [-0.39, 0.29) is 12.2 Å². The van der Waals surface area contributed by atoms with Crippen molar-refractivity contribution in [1.82, 2.24) is 0 Å². The highest BCUT2D eigenvalue weighted by molar-refractivity contribution is 5.01. The molecule has 3 atom stereocenters. The Morgan fingerprint density at radius 1 is 1.40 bits per heavy atom. The Kier molecular flexibility index (Phi) is 8.95. The molecule has 0 aromatic rings. The second kappa shape index (κ2) is 10.2. The maximum absolute atomic E-state index is 9.91. The van der Waals surface area contributed by atoms with E-state index < -0.39 is 0 Å². The highest BCUT2D eigenvalue weighted by atomic mass is 16.5. The fourth-order valence-electron chi connectivity index (χ4n) is 2.66. The summed E-state index contributed by atoms with van der Waals surface area (Å²) in [5.74, 6) is 1.69. The zero-order valence-electron chi connectivity index (χ0n) is 13.4. The highest BCUT2D eigenvalue weighted by Crippen LogP contribution is 2.21. The minimum Gasteiger partial charge on any atom is -0.501 e. The number of aliphatic hydroxyl groups excluding tert-OH is 1. The van der Waals surface area contributed by atoms with E-state index in [4.69, 9.17) is 9.47 Å². The van der Waals surface area contributed by atoms with Gasteiger partial charge in [-0.1, -0.05) is 39.5 Å². The molecule has 0 bridgehead atoms. The van der Waals surface area contributed by atoms with E-state index >= 15 is 0 Å². The van der Waals surface area contributed by atoms with E-state index in [0.29, 0.717) is 0 Å². The number of hydrogen-bond donors (Lipinski definition) is 1. The third-order valence-corrected chi connectivity index (χ3v) is 4.13. The van der Waals surface area contributed by atoms with Crippen molar-refractivity contribution < 1.29 is 14.6 Å². The Morgan fingerprint density at radius 3 is 2.85 bits per heavy atom. The van der Waals surface area contributed by atoms with Gasteiger partial charge in [0.05, 0.1) is 19.0 Å². The lowest BCUT2D eigenvalue weighted by molar-refractivity contribution is -0.0500. The first-order chi connectivity index (χ1) is 9.67. The number of unbranched alkanes of at least 4 members (excludes halogenated alkanes) is 2. The Bertz CT molecular complexity index is 275. The van der Waals surface area contributed by atoms with Crippen LogP contribution < -0.4 is 0 Å². The van der Waals surface area contributed by atoms with Gasteiger partial charge >= 0.3 is 0 Å². The summed E-state index contributed by atoms with van der Waals surface area (Å²) in [5, 5.41) is 9.91. The van der Waals surface area contributed by atoms with Gasteiger partial charge in [0.2, 0.25) is 0 Å². The van der Waals surface area contributed by atoms with E-state index in [1.165, 1.54) is 25.7 Å². The van der Waals surface area contributed by atoms with Crippen LogP contribution in [-0.4, -0.2) is 31.0 Å². The second-order valence-electron chi connectivity index (χ2n) is 6.02. The van der Waals surface area contributed by atoms with Crippen LogP contribution in [0.1, 0.15) is 65.2 Å². The summed E-state index contributed by atoms with van der Waals surface area (Å²) in [6, 6.07) is 0. The van der Waals surface area contributed by atoms with Crippen LogP contribution in [0.2, 0.25) is 0 Å². The molecule has 1 rings (SSSR count). The van der Waals surface area contributed by atoms with Gasteiger partial charge < -0.3 is 14.6 Å². The molecule has 0 radical (unpaired) electrons. The van der Waals surface area contributed by atoms with Crippen LogP contribution in [-0.2, 0) is 9.47 Å². The van der Waals surface area contributed by atoms with Gasteiger partial charge in [0.1, 0.15) is 6.10 Å². The van der Waals surface area contributed by atoms with Gasteiger partial charge in [-0.05, 0) is 31.3 Å². The van der Waals surface area contributed by atoms with Crippen LogP contribution in [0.3, 0.4) is 0 Å². The molecule has 3 unspecified atom stereocenters. The third kappa shape index (κ3) is 6.76. The zero-order valence-corrected chi connectivity index (χ0v) is 13.4. The Hall–Kier alpha value is -0.540. The number of aliphatic hydroxyl groups is 1. The molecule has 20 heavy (non-hydrogen) atoms. The third-order valence-electron chi connectivity index (χ3n) is 4.13. The normalized spacial score (nSPS) is 25.5. The molecule has 1 N–H and O–H groups in total. The Balaban J connectivity index is 2.34. The largest absolute Gasteiger partial charge is 0.501 e. The molecular weight excluding hydrogens is 252 g/mol. The molecule has 1 aliphatic rings. The molecule has 1 aliphatic heterocycles. The molecule has 118 valence electrons. The van der Waals surface area contributed by atoms with E-state index in [9.17, 15) is 5.11 Å². The molecular formula is C17H32O3. The van der Waals surface area contributed by atoms with Gasteiger partial charge in [0.25, 0.3) is 0 Å². The molecule has 0 spiro atoms. The summed E-state index contributed by atoms with van der Waals surface area (Å²) in [6.07, 6.45) is 10.5. The summed E-state index contributed by atoms with van der Waals surface area (Å²) >= 11 is 0. The fourth-order valence-corrected chi connectivity index (χ4v) is 2.66. The van der Waals surface area contributed by atoms with Gasteiger partial charge in [0.15, 0.2) is 0 Å². The van der Waals surface area contributed by atoms with Crippen LogP contribution in [0, 0.1) is 5.92 Å². The van der Waals surface area contributed by atoms with Crippen LogP contribution in [0.5, 0.6) is 0 Å². The summed E-state index contributed by atoms with van der Waals surface area (Å²) in [7, 11) is 1.71. The quantitative estimate of drug-likeness (QED) is 0.513. The molecule has 3 heteroatoms. The maximum Gasteiger partial charge on any atom is 0.105 e. The zero-order chi connectivity index (χ0) is 14.8. The minimum absolute atomic E-state index is 0.186. The van der Waals surface area contributed by atoms with Crippen molar-refractivity contribution in [3.8, 4) is 0 Å². The highest BCUT2D eigenvalue weighted by Gasteiger charge is 2.22. The van der Waals surface area contributed by atoms with Gasteiger partial charge in [-0.25, -0.2) is 0 Å². The first kappa shape index (κ1) is 17.5. The Labute approximate surface area is 124 Å². The molecule has 0 aromatic carbocycles. The average molecular weight is 284 g/mol. The van der Waals surface area contributed by atoms with Crippen molar-refractivity contribution in [3.05, 3.63) is 11.8 Å². The first-order valence-electron chi connectivity index (χ1n) is 8.21. The van der Waals surface area contributed by atoms with Crippen LogP contribution >= 0.6 is 0 Å². The van der Waals surface area contributed by atoms with Gasteiger partial charge in [-0.2, -0.15) is 0 Å². The average Bonchev–Trinajstić information content (AvgIpc) is 2.45. The summed E-state index contributed by atoms with van der Waals surface area (Å²) in [6.45, 7) is 5.30. The van der Waals surface area contributed by atoms with Crippen molar-refractivity contribution in [2.75, 3.05) is 13.7 Å². The summed E-state index contributed by atoms with van der Waals surface area (Å²) in [5.41, 5.74) is 0.